The van der Waals surface area contributed by atoms with Crippen molar-refractivity contribution in [3.05, 3.63) is 137 Å². The third-order valence-corrected chi connectivity index (χ3v) is 9.23. The van der Waals surface area contributed by atoms with Gasteiger partial charge in [-0.2, -0.15) is 0 Å². The molecule has 0 amide bonds. The highest BCUT2D eigenvalue weighted by Crippen LogP contribution is 2.49. The van der Waals surface area contributed by atoms with E-state index in [4.69, 9.17) is 0 Å². The van der Waals surface area contributed by atoms with Crippen molar-refractivity contribution in [2.75, 3.05) is 0 Å². The molecule has 0 bridgehead atoms. The summed E-state index contributed by atoms with van der Waals surface area (Å²) in [5.74, 6) is -0.0777. The van der Waals surface area contributed by atoms with Gasteiger partial charge in [0, 0.05) is 21.9 Å². The SMILES string of the molecule is C=C(/C=C1\C(=O)C(c2c(-c3ccccc3)[nH]c3ccccc23)=C1O)C1(c2cc3ccccc3cc2C)CCCCC1. The van der Waals surface area contributed by atoms with Crippen molar-refractivity contribution >= 4 is 33.0 Å². The summed E-state index contributed by atoms with van der Waals surface area (Å²) in [6, 6.07) is 31.0. The highest BCUT2D eigenvalue weighted by atomic mass is 16.3. The Morgan fingerprint density at radius 3 is 2.27 bits per heavy atom. The molecule has 0 unspecified atom stereocenters. The second-order valence-electron chi connectivity index (χ2n) is 11.6. The minimum atomic E-state index is -0.258. The van der Waals surface area contributed by atoms with Gasteiger partial charge >= 0.3 is 0 Å². The van der Waals surface area contributed by atoms with Crippen LogP contribution in [0, 0.1) is 6.92 Å². The monoisotopic (exact) mass is 535 g/mol. The number of hydrogen-bond acceptors (Lipinski definition) is 2. The van der Waals surface area contributed by atoms with E-state index in [0.29, 0.717) is 11.1 Å². The molecule has 0 atom stereocenters. The van der Waals surface area contributed by atoms with Crippen LogP contribution in [-0.2, 0) is 10.2 Å². The third-order valence-electron chi connectivity index (χ3n) is 9.23. The van der Waals surface area contributed by atoms with Crippen LogP contribution < -0.4 is 0 Å². The van der Waals surface area contributed by atoms with Gasteiger partial charge in [0.1, 0.15) is 5.76 Å². The Bertz CT molecular complexity index is 1910. The maximum absolute atomic E-state index is 13.9. The van der Waals surface area contributed by atoms with Crippen LogP contribution in [0.3, 0.4) is 0 Å². The molecule has 41 heavy (non-hydrogen) atoms. The molecule has 1 fully saturated rings. The summed E-state index contributed by atoms with van der Waals surface area (Å²) in [4.78, 5) is 17.3. The summed E-state index contributed by atoms with van der Waals surface area (Å²) in [5, 5.41) is 14.9. The van der Waals surface area contributed by atoms with Gasteiger partial charge in [-0.1, -0.05) is 105 Å². The van der Waals surface area contributed by atoms with Crippen molar-refractivity contribution in [3.8, 4) is 11.3 Å². The Hall–Kier alpha value is -4.63. The zero-order chi connectivity index (χ0) is 28.1. The van der Waals surface area contributed by atoms with Gasteiger partial charge in [0.25, 0.3) is 0 Å². The topological polar surface area (TPSA) is 53.1 Å². The lowest BCUT2D eigenvalue weighted by molar-refractivity contribution is -0.111. The molecular formula is C38H33NO2. The standard InChI is InChI=1S/C38H33NO2/c1-24-21-27-15-7-8-16-28(27)23-31(24)38(19-11-4-12-20-38)25(2)22-30-36(40)34(37(30)41)33-29-17-9-10-18-32(29)39-35(33)26-13-5-3-6-14-26/h3,5-10,13-18,21-23,39-40H,2,4,11-12,19-20H2,1H3/b30-22-. The summed E-state index contributed by atoms with van der Waals surface area (Å²) in [6.45, 7) is 6.76. The average molecular weight is 536 g/mol. The van der Waals surface area contributed by atoms with Crippen LogP contribution in [0.2, 0.25) is 0 Å². The van der Waals surface area contributed by atoms with Crippen molar-refractivity contribution in [2.24, 2.45) is 0 Å². The van der Waals surface area contributed by atoms with Gasteiger partial charge in [-0.05, 0) is 71.0 Å². The number of aromatic amines is 1. The first kappa shape index (κ1) is 25.3. The number of carbonyl (C=O) groups is 1. The van der Waals surface area contributed by atoms with E-state index in [1.807, 2.05) is 60.7 Å². The van der Waals surface area contributed by atoms with Crippen molar-refractivity contribution in [1.82, 2.24) is 4.98 Å². The molecule has 2 aliphatic carbocycles. The number of rotatable bonds is 5. The molecule has 2 aliphatic rings. The number of aliphatic hydroxyl groups excluding tert-OH is 1. The lowest BCUT2D eigenvalue weighted by Crippen LogP contribution is -2.32. The summed E-state index contributed by atoms with van der Waals surface area (Å²) >= 11 is 0. The third kappa shape index (κ3) is 3.99. The molecule has 3 nitrogen and oxygen atoms in total. The Balaban J connectivity index is 1.34. The zero-order valence-corrected chi connectivity index (χ0v) is 23.3. The van der Waals surface area contributed by atoms with E-state index in [1.54, 1.807) is 0 Å². The number of benzene rings is 4. The van der Waals surface area contributed by atoms with Gasteiger partial charge in [-0.15, -0.1) is 0 Å². The van der Waals surface area contributed by atoms with Crippen LogP contribution in [0.25, 0.3) is 38.5 Å². The Morgan fingerprint density at radius 1 is 0.878 bits per heavy atom. The van der Waals surface area contributed by atoms with E-state index >= 15 is 0 Å². The summed E-state index contributed by atoms with van der Waals surface area (Å²) in [7, 11) is 0. The van der Waals surface area contributed by atoms with Crippen LogP contribution >= 0.6 is 0 Å². The maximum Gasteiger partial charge on any atom is 0.201 e. The van der Waals surface area contributed by atoms with Gasteiger partial charge in [0.05, 0.1) is 16.8 Å². The number of ketones is 1. The number of allylic oxidation sites excluding steroid dienone is 4. The van der Waals surface area contributed by atoms with E-state index in [2.05, 4.69) is 54.9 Å². The van der Waals surface area contributed by atoms with Crippen LogP contribution in [-0.4, -0.2) is 15.9 Å². The largest absolute Gasteiger partial charge is 0.506 e. The predicted octanol–water partition coefficient (Wildman–Crippen LogP) is 9.53. The highest BCUT2D eigenvalue weighted by molar-refractivity contribution is 6.41. The minimum Gasteiger partial charge on any atom is -0.506 e. The lowest BCUT2D eigenvalue weighted by Gasteiger charge is -2.40. The number of Topliss-reactive ketones (excluding diaryl/α,β-unsaturated/α-hetero) is 1. The average Bonchev–Trinajstić information content (AvgIpc) is 3.39. The molecule has 5 aromatic rings. The molecule has 1 aromatic heterocycles. The molecule has 1 heterocycles. The first-order valence-electron chi connectivity index (χ1n) is 14.5. The predicted molar refractivity (Wildman–Crippen MR) is 169 cm³/mol. The van der Waals surface area contributed by atoms with Crippen LogP contribution in [0.4, 0.5) is 0 Å². The van der Waals surface area contributed by atoms with E-state index < -0.39 is 0 Å². The summed E-state index contributed by atoms with van der Waals surface area (Å²) in [6.07, 6.45) is 7.28. The van der Waals surface area contributed by atoms with Gasteiger partial charge in [0.15, 0.2) is 0 Å². The van der Waals surface area contributed by atoms with E-state index in [0.717, 1.165) is 59.0 Å². The maximum atomic E-state index is 13.9. The van der Waals surface area contributed by atoms with Gasteiger partial charge in [-0.25, -0.2) is 0 Å². The van der Waals surface area contributed by atoms with E-state index in [-0.39, 0.29) is 17.0 Å². The second kappa shape index (κ2) is 9.78. The van der Waals surface area contributed by atoms with Crippen LogP contribution in [0.5, 0.6) is 0 Å². The molecular weight excluding hydrogens is 502 g/mol. The van der Waals surface area contributed by atoms with E-state index in [1.165, 1.54) is 28.3 Å². The molecule has 1 saturated carbocycles. The van der Waals surface area contributed by atoms with Crippen molar-refractivity contribution < 1.29 is 9.90 Å². The minimum absolute atomic E-state index is 0.0549. The zero-order valence-electron chi connectivity index (χ0n) is 23.3. The number of fused-ring (bicyclic) bond motifs is 2. The van der Waals surface area contributed by atoms with Crippen molar-refractivity contribution in [1.29, 1.82) is 0 Å². The molecule has 0 aliphatic heterocycles. The molecule has 4 aromatic carbocycles. The molecule has 7 rings (SSSR count). The van der Waals surface area contributed by atoms with Gasteiger partial charge < -0.3 is 10.1 Å². The fraction of sp³-hybridized carbons (Fsp3) is 0.184. The molecule has 2 N–H and O–H groups in total. The Kier molecular flexibility index (Phi) is 6.04. The first-order chi connectivity index (χ1) is 20.0. The quantitative estimate of drug-likeness (QED) is 0.220. The van der Waals surface area contributed by atoms with Crippen LogP contribution in [0.15, 0.2) is 121 Å². The molecule has 3 heteroatoms. The summed E-state index contributed by atoms with van der Waals surface area (Å²) < 4.78 is 0. The fourth-order valence-corrected chi connectivity index (χ4v) is 7.11. The Morgan fingerprint density at radius 2 is 1.54 bits per heavy atom. The summed E-state index contributed by atoms with van der Waals surface area (Å²) in [5.41, 5.74) is 7.43. The number of para-hydroxylation sites is 1. The number of hydrogen-bond donors (Lipinski definition) is 2. The number of nitrogens with one attached hydrogen (secondary N) is 1. The highest BCUT2D eigenvalue weighted by Gasteiger charge is 2.41. The molecule has 0 spiro atoms. The normalized spacial score (nSPS) is 17.8. The van der Waals surface area contributed by atoms with E-state index in [9.17, 15) is 9.90 Å². The number of carbonyl (C=O) groups excluding carboxylic acids is 1. The Labute approximate surface area is 240 Å². The number of aliphatic hydroxyl groups is 1. The van der Waals surface area contributed by atoms with Crippen LogP contribution in [0.1, 0.15) is 48.8 Å². The van der Waals surface area contributed by atoms with Crippen molar-refractivity contribution in [3.63, 3.8) is 0 Å². The molecule has 202 valence electrons. The first-order valence-corrected chi connectivity index (χ1v) is 14.5. The molecule has 0 radical (unpaired) electrons. The number of aryl methyl sites for hydroxylation is 1. The molecule has 0 saturated heterocycles. The smallest absolute Gasteiger partial charge is 0.201 e. The number of H-pyrrole nitrogens is 1. The lowest BCUT2D eigenvalue weighted by atomic mass is 9.63. The van der Waals surface area contributed by atoms with Gasteiger partial charge in [0.2, 0.25) is 5.78 Å². The fourth-order valence-electron chi connectivity index (χ4n) is 7.11. The van der Waals surface area contributed by atoms with Crippen molar-refractivity contribution in [2.45, 2.75) is 44.4 Å². The number of aromatic nitrogens is 1. The second-order valence-corrected chi connectivity index (χ2v) is 11.6. The van der Waals surface area contributed by atoms with Gasteiger partial charge in [-0.3, -0.25) is 4.79 Å².